The monoisotopic (exact) mass is 280 g/mol. The molecule has 1 aliphatic heterocycles. The van der Waals surface area contributed by atoms with Gasteiger partial charge in [-0.15, -0.1) is 11.8 Å². The van der Waals surface area contributed by atoms with Crippen molar-refractivity contribution >= 4 is 34.7 Å². The Morgan fingerprint density at radius 3 is 2.89 bits per heavy atom. The van der Waals surface area contributed by atoms with Gasteiger partial charge in [0.15, 0.2) is 0 Å². The molecule has 1 aromatic rings. The fourth-order valence-electron chi connectivity index (χ4n) is 2.57. The van der Waals surface area contributed by atoms with Crippen LogP contribution in [0.3, 0.4) is 0 Å². The van der Waals surface area contributed by atoms with E-state index in [1.165, 1.54) is 23.4 Å². The van der Waals surface area contributed by atoms with Gasteiger partial charge in [-0.05, 0) is 37.7 Å². The average Bonchev–Trinajstić information content (AvgIpc) is 2.75. The molecule has 1 atom stereocenters. The van der Waals surface area contributed by atoms with Crippen LogP contribution in [-0.4, -0.2) is 23.3 Å². The van der Waals surface area contributed by atoms with Crippen molar-refractivity contribution in [3.05, 3.63) is 23.8 Å². The molecule has 0 aromatic heterocycles. The van der Waals surface area contributed by atoms with Crippen molar-refractivity contribution in [1.29, 1.82) is 0 Å². The minimum atomic E-state index is 0.514. The molecule has 1 fully saturated rings. The van der Waals surface area contributed by atoms with E-state index in [-0.39, 0.29) is 0 Å². The molecule has 1 saturated heterocycles. The highest BCUT2D eigenvalue weighted by Gasteiger charge is 2.24. The van der Waals surface area contributed by atoms with Gasteiger partial charge in [-0.2, -0.15) is 0 Å². The van der Waals surface area contributed by atoms with E-state index >= 15 is 0 Å². The van der Waals surface area contributed by atoms with Gasteiger partial charge in [-0.1, -0.05) is 25.2 Å². The van der Waals surface area contributed by atoms with Crippen molar-refractivity contribution in [3.63, 3.8) is 0 Å². The molecule has 2 nitrogen and oxygen atoms in total. The van der Waals surface area contributed by atoms with E-state index in [1.807, 2.05) is 11.8 Å². The van der Waals surface area contributed by atoms with E-state index in [0.717, 1.165) is 17.9 Å². The highest BCUT2D eigenvalue weighted by molar-refractivity contribution is 7.99. The summed E-state index contributed by atoms with van der Waals surface area (Å²) in [4.78, 5) is 4.16. The third kappa shape index (κ3) is 2.64. The molecule has 1 unspecified atom stereocenters. The van der Waals surface area contributed by atoms with E-state index in [2.05, 4.69) is 36.9 Å². The number of thioether (sulfide) groups is 1. The van der Waals surface area contributed by atoms with Crippen molar-refractivity contribution in [2.75, 3.05) is 17.2 Å². The fourth-order valence-corrected chi connectivity index (χ4v) is 3.70. The standard InChI is InChI=1S/C14H20N2S2/c1-3-18-12-8-4-7-11(13(12)14(15)17)16-9-5-6-10(16)2/h4,7-8,10H,3,5-6,9H2,1-2H3,(H2,15,17). The fraction of sp³-hybridized carbons (Fsp3) is 0.500. The zero-order valence-corrected chi connectivity index (χ0v) is 12.6. The van der Waals surface area contributed by atoms with E-state index in [9.17, 15) is 0 Å². The van der Waals surface area contributed by atoms with Crippen LogP contribution in [0.1, 0.15) is 32.3 Å². The summed E-state index contributed by atoms with van der Waals surface area (Å²) in [5.74, 6) is 1.04. The second-order valence-electron chi connectivity index (χ2n) is 4.63. The van der Waals surface area contributed by atoms with Crippen LogP contribution in [-0.2, 0) is 0 Å². The number of thiocarbonyl (C=S) groups is 1. The van der Waals surface area contributed by atoms with E-state index < -0.39 is 0 Å². The maximum absolute atomic E-state index is 5.95. The Hall–Kier alpha value is -0.740. The molecule has 0 aliphatic carbocycles. The molecule has 2 N–H and O–H groups in total. The topological polar surface area (TPSA) is 29.3 Å². The quantitative estimate of drug-likeness (QED) is 0.676. The average molecular weight is 280 g/mol. The van der Waals surface area contributed by atoms with Crippen LogP contribution in [0.25, 0.3) is 0 Å². The Kier molecular flexibility index (Phi) is 4.51. The maximum atomic E-state index is 5.95. The van der Waals surface area contributed by atoms with Gasteiger partial charge in [0.05, 0.1) is 0 Å². The SMILES string of the molecule is CCSc1cccc(N2CCCC2C)c1C(N)=S. The van der Waals surface area contributed by atoms with Gasteiger partial charge in [0.2, 0.25) is 0 Å². The normalized spacial score (nSPS) is 19.2. The molecule has 0 saturated carbocycles. The molecule has 0 spiro atoms. The van der Waals surface area contributed by atoms with E-state index in [0.29, 0.717) is 11.0 Å². The molecule has 0 bridgehead atoms. The molecule has 0 radical (unpaired) electrons. The summed E-state index contributed by atoms with van der Waals surface area (Å²) in [5, 5.41) is 0. The number of nitrogens with two attached hydrogens (primary N) is 1. The lowest BCUT2D eigenvalue weighted by molar-refractivity contribution is 0.734. The lowest BCUT2D eigenvalue weighted by Gasteiger charge is -2.27. The van der Waals surface area contributed by atoms with Crippen molar-refractivity contribution < 1.29 is 0 Å². The second-order valence-corrected chi connectivity index (χ2v) is 6.38. The van der Waals surface area contributed by atoms with Crippen LogP contribution >= 0.6 is 24.0 Å². The van der Waals surface area contributed by atoms with Gasteiger partial charge in [-0.3, -0.25) is 0 Å². The first-order chi connectivity index (χ1) is 8.65. The minimum absolute atomic E-state index is 0.514. The third-order valence-electron chi connectivity index (χ3n) is 3.41. The van der Waals surface area contributed by atoms with Crippen LogP contribution in [0.4, 0.5) is 5.69 Å². The largest absolute Gasteiger partial charge is 0.389 e. The molecule has 2 rings (SSSR count). The minimum Gasteiger partial charge on any atom is -0.389 e. The number of benzene rings is 1. The van der Waals surface area contributed by atoms with Crippen LogP contribution < -0.4 is 10.6 Å². The molecule has 1 aliphatic rings. The van der Waals surface area contributed by atoms with Crippen LogP contribution in [0.5, 0.6) is 0 Å². The summed E-state index contributed by atoms with van der Waals surface area (Å²) in [6.07, 6.45) is 2.50. The zero-order valence-electron chi connectivity index (χ0n) is 11.0. The summed E-state index contributed by atoms with van der Waals surface area (Å²) in [5.41, 5.74) is 8.23. The van der Waals surface area contributed by atoms with Gasteiger partial charge >= 0.3 is 0 Å². The molecule has 4 heteroatoms. The second kappa shape index (κ2) is 5.93. The maximum Gasteiger partial charge on any atom is 0.107 e. The highest BCUT2D eigenvalue weighted by atomic mass is 32.2. The summed E-state index contributed by atoms with van der Waals surface area (Å²) < 4.78 is 0. The molecule has 18 heavy (non-hydrogen) atoms. The van der Waals surface area contributed by atoms with Gasteiger partial charge in [0, 0.05) is 28.7 Å². The van der Waals surface area contributed by atoms with E-state index in [4.69, 9.17) is 18.0 Å². The van der Waals surface area contributed by atoms with Crippen LogP contribution in [0.2, 0.25) is 0 Å². The molecular formula is C14H20N2S2. The Labute approximate surface area is 119 Å². The smallest absolute Gasteiger partial charge is 0.107 e. The van der Waals surface area contributed by atoms with Crippen LogP contribution in [0, 0.1) is 0 Å². The van der Waals surface area contributed by atoms with Crippen molar-refractivity contribution in [3.8, 4) is 0 Å². The van der Waals surface area contributed by atoms with Gasteiger partial charge in [0.25, 0.3) is 0 Å². The predicted molar refractivity (Wildman–Crippen MR) is 84.8 cm³/mol. The number of rotatable bonds is 4. The Morgan fingerprint density at radius 1 is 1.56 bits per heavy atom. The number of anilines is 1. The predicted octanol–water partition coefficient (Wildman–Crippen LogP) is 3.42. The van der Waals surface area contributed by atoms with Gasteiger partial charge < -0.3 is 10.6 Å². The highest BCUT2D eigenvalue weighted by Crippen LogP contribution is 2.34. The summed E-state index contributed by atoms with van der Waals surface area (Å²) >= 11 is 7.07. The Bertz CT molecular complexity index is 445. The lowest BCUT2D eigenvalue weighted by atomic mass is 10.1. The van der Waals surface area contributed by atoms with Gasteiger partial charge in [-0.25, -0.2) is 0 Å². The first-order valence-corrected chi connectivity index (χ1v) is 7.86. The molecule has 98 valence electrons. The summed E-state index contributed by atoms with van der Waals surface area (Å²) in [7, 11) is 0. The Morgan fingerprint density at radius 2 is 2.33 bits per heavy atom. The van der Waals surface area contributed by atoms with Crippen molar-refractivity contribution in [2.45, 2.75) is 37.6 Å². The first-order valence-electron chi connectivity index (χ1n) is 6.47. The lowest BCUT2D eigenvalue weighted by Crippen LogP contribution is -2.29. The molecule has 1 aromatic carbocycles. The van der Waals surface area contributed by atoms with Crippen LogP contribution in [0.15, 0.2) is 23.1 Å². The van der Waals surface area contributed by atoms with E-state index in [1.54, 1.807) is 0 Å². The summed E-state index contributed by atoms with van der Waals surface area (Å²) in [6, 6.07) is 6.96. The summed E-state index contributed by atoms with van der Waals surface area (Å²) in [6.45, 7) is 5.53. The third-order valence-corrected chi connectivity index (χ3v) is 4.56. The molecular weight excluding hydrogens is 260 g/mol. The molecule has 1 heterocycles. The molecule has 0 amide bonds. The Balaban J connectivity index is 2.45. The number of nitrogens with zero attached hydrogens (tertiary/aromatic N) is 1. The first kappa shape index (κ1) is 13.7. The zero-order chi connectivity index (χ0) is 13.1. The number of hydrogen-bond acceptors (Lipinski definition) is 3. The van der Waals surface area contributed by atoms with Crippen molar-refractivity contribution in [2.24, 2.45) is 5.73 Å². The van der Waals surface area contributed by atoms with Crippen molar-refractivity contribution in [1.82, 2.24) is 0 Å². The van der Waals surface area contributed by atoms with Gasteiger partial charge in [0.1, 0.15) is 4.99 Å². The number of hydrogen-bond donors (Lipinski definition) is 1.